The van der Waals surface area contributed by atoms with E-state index in [9.17, 15) is 0 Å². The molecule has 1 aromatic rings. The Morgan fingerprint density at radius 2 is 2.12 bits per heavy atom. The first-order chi connectivity index (χ1) is 8.09. The Balaban J connectivity index is 2.09. The molecule has 1 heterocycles. The second-order valence-corrected chi connectivity index (χ2v) is 6.25. The monoisotopic (exact) mass is 254 g/mol. The fourth-order valence-corrected chi connectivity index (χ4v) is 2.64. The molecule has 1 aromatic heterocycles. The molecule has 0 bridgehead atoms. The quantitative estimate of drug-likeness (QED) is 0.717. The van der Waals surface area contributed by atoms with Gasteiger partial charge in [-0.2, -0.15) is 0 Å². The zero-order valence-corrected chi connectivity index (χ0v) is 12.4. The van der Waals surface area contributed by atoms with Crippen LogP contribution >= 0.6 is 11.3 Å². The van der Waals surface area contributed by atoms with Crippen molar-refractivity contribution in [2.45, 2.75) is 39.8 Å². The van der Waals surface area contributed by atoms with E-state index < -0.39 is 0 Å². The average molecular weight is 254 g/mol. The molecule has 0 aliphatic heterocycles. The SMILES string of the molecule is CC(C)CC(C)N(C)CCNCc1cccs1. The highest BCUT2D eigenvalue weighted by molar-refractivity contribution is 7.09. The lowest BCUT2D eigenvalue weighted by atomic mass is 10.0. The van der Waals surface area contributed by atoms with Gasteiger partial charge in [0, 0.05) is 30.6 Å². The Morgan fingerprint density at radius 3 is 2.71 bits per heavy atom. The summed E-state index contributed by atoms with van der Waals surface area (Å²) in [5, 5.41) is 5.63. The molecule has 1 unspecified atom stereocenters. The number of rotatable bonds is 8. The summed E-state index contributed by atoms with van der Waals surface area (Å²) in [4.78, 5) is 3.87. The molecule has 0 saturated heterocycles. The molecule has 1 N–H and O–H groups in total. The van der Waals surface area contributed by atoms with Crippen LogP contribution in [0.25, 0.3) is 0 Å². The van der Waals surface area contributed by atoms with Gasteiger partial charge in [0.1, 0.15) is 0 Å². The molecule has 17 heavy (non-hydrogen) atoms. The third-order valence-electron chi connectivity index (χ3n) is 3.09. The third-order valence-corrected chi connectivity index (χ3v) is 3.96. The molecule has 3 heteroatoms. The van der Waals surface area contributed by atoms with Crippen molar-refractivity contribution in [2.75, 3.05) is 20.1 Å². The van der Waals surface area contributed by atoms with E-state index in [4.69, 9.17) is 0 Å². The molecule has 0 aromatic carbocycles. The summed E-state index contributed by atoms with van der Waals surface area (Å²) in [6, 6.07) is 4.97. The summed E-state index contributed by atoms with van der Waals surface area (Å²) in [6.07, 6.45) is 1.28. The maximum Gasteiger partial charge on any atom is 0.0300 e. The first kappa shape index (κ1) is 14.7. The molecular formula is C14H26N2S. The van der Waals surface area contributed by atoms with Gasteiger partial charge < -0.3 is 10.2 Å². The lowest BCUT2D eigenvalue weighted by molar-refractivity contribution is 0.228. The van der Waals surface area contributed by atoms with Crippen LogP contribution in [-0.4, -0.2) is 31.1 Å². The van der Waals surface area contributed by atoms with Crippen molar-refractivity contribution in [3.8, 4) is 0 Å². The number of thiophene rings is 1. The van der Waals surface area contributed by atoms with Gasteiger partial charge in [-0.1, -0.05) is 19.9 Å². The Bertz CT molecular complexity index is 282. The van der Waals surface area contributed by atoms with Crippen molar-refractivity contribution >= 4 is 11.3 Å². The molecule has 98 valence electrons. The third kappa shape index (κ3) is 6.20. The van der Waals surface area contributed by atoms with E-state index >= 15 is 0 Å². The maximum absolute atomic E-state index is 3.50. The first-order valence-electron chi connectivity index (χ1n) is 6.53. The molecule has 0 fully saturated rings. The number of hydrogen-bond donors (Lipinski definition) is 1. The number of likely N-dealkylation sites (N-methyl/N-ethyl adjacent to an activating group) is 1. The van der Waals surface area contributed by atoms with Crippen LogP contribution in [0.4, 0.5) is 0 Å². The number of nitrogens with one attached hydrogen (secondary N) is 1. The van der Waals surface area contributed by atoms with Gasteiger partial charge in [0.15, 0.2) is 0 Å². The van der Waals surface area contributed by atoms with E-state index in [2.05, 4.69) is 55.5 Å². The molecule has 0 aliphatic carbocycles. The van der Waals surface area contributed by atoms with E-state index in [1.54, 1.807) is 0 Å². The van der Waals surface area contributed by atoms with Crippen LogP contribution < -0.4 is 5.32 Å². The second-order valence-electron chi connectivity index (χ2n) is 5.22. The van der Waals surface area contributed by atoms with E-state index in [0.29, 0.717) is 6.04 Å². The van der Waals surface area contributed by atoms with Crippen LogP contribution in [0.5, 0.6) is 0 Å². The van der Waals surface area contributed by atoms with Gasteiger partial charge in [-0.3, -0.25) is 0 Å². The van der Waals surface area contributed by atoms with Gasteiger partial charge in [0.05, 0.1) is 0 Å². The molecule has 0 aliphatic rings. The summed E-state index contributed by atoms with van der Waals surface area (Å²) < 4.78 is 0. The summed E-state index contributed by atoms with van der Waals surface area (Å²) in [7, 11) is 2.22. The fourth-order valence-electron chi connectivity index (χ4n) is 1.96. The predicted octanol–water partition coefficient (Wildman–Crippen LogP) is 3.20. The van der Waals surface area contributed by atoms with E-state index in [0.717, 1.165) is 25.6 Å². The normalized spacial score (nSPS) is 13.5. The van der Waals surface area contributed by atoms with Gasteiger partial charge >= 0.3 is 0 Å². The minimum absolute atomic E-state index is 0.679. The Hall–Kier alpha value is -0.380. The maximum atomic E-state index is 3.50. The summed E-state index contributed by atoms with van der Waals surface area (Å²) >= 11 is 1.82. The van der Waals surface area contributed by atoms with E-state index in [1.165, 1.54) is 11.3 Å². The topological polar surface area (TPSA) is 15.3 Å². The lowest BCUT2D eigenvalue weighted by Gasteiger charge is -2.26. The molecule has 1 rings (SSSR count). The lowest BCUT2D eigenvalue weighted by Crippen LogP contribution is -2.35. The molecule has 0 amide bonds. The van der Waals surface area contributed by atoms with Crippen LogP contribution in [0.2, 0.25) is 0 Å². The first-order valence-corrected chi connectivity index (χ1v) is 7.41. The molecule has 0 radical (unpaired) electrons. The molecule has 2 nitrogen and oxygen atoms in total. The van der Waals surface area contributed by atoms with Crippen molar-refractivity contribution in [2.24, 2.45) is 5.92 Å². The highest BCUT2D eigenvalue weighted by Gasteiger charge is 2.10. The van der Waals surface area contributed by atoms with E-state index in [1.807, 2.05) is 11.3 Å². The standard InChI is InChI=1S/C14H26N2S/c1-12(2)10-13(3)16(4)8-7-15-11-14-6-5-9-17-14/h5-6,9,12-13,15H,7-8,10-11H2,1-4H3. The predicted molar refractivity (Wildman–Crippen MR) is 77.6 cm³/mol. The second kappa shape index (κ2) is 7.85. The van der Waals surface area contributed by atoms with Gasteiger partial charge in [-0.15, -0.1) is 11.3 Å². The minimum Gasteiger partial charge on any atom is -0.311 e. The number of hydrogen-bond acceptors (Lipinski definition) is 3. The molecule has 1 atom stereocenters. The summed E-state index contributed by atoms with van der Waals surface area (Å²) in [6.45, 7) is 10.1. The summed E-state index contributed by atoms with van der Waals surface area (Å²) in [5.41, 5.74) is 0. The van der Waals surface area contributed by atoms with Crippen molar-refractivity contribution in [1.29, 1.82) is 0 Å². The number of nitrogens with zero attached hydrogens (tertiary/aromatic N) is 1. The van der Waals surface area contributed by atoms with Crippen LogP contribution in [0.1, 0.15) is 32.1 Å². The zero-order valence-electron chi connectivity index (χ0n) is 11.6. The molecule has 0 spiro atoms. The highest BCUT2D eigenvalue weighted by Crippen LogP contribution is 2.09. The largest absolute Gasteiger partial charge is 0.311 e. The van der Waals surface area contributed by atoms with Crippen molar-refractivity contribution in [1.82, 2.24) is 10.2 Å². The molecule has 0 saturated carbocycles. The molecular weight excluding hydrogens is 228 g/mol. The summed E-state index contributed by atoms with van der Waals surface area (Å²) in [5.74, 6) is 0.784. The fraction of sp³-hybridized carbons (Fsp3) is 0.714. The highest BCUT2D eigenvalue weighted by atomic mass is 32.1. The zero-order chi connectivity index (χ0) is 12.7. The van der Waals surface area contributed by atoms with Crippen LogP contribution in [0, 0.1) is 5.92 Å². The van der Waals surface area contributed by atoms with Crippen LogP contribution in [0.15, 0.2) is 17.5 Å². The van der Waals surface area contributed by atoms with Crippen molar-refractivity contribution in [3.05, 3.63) is 22.4 Å². The van der Waals surface area contributed by atoms with Gasteiger partial charge in [0.25, 0.3) is 0 Å². The van der Waals surface area contributed by atoms with E-state index in [-0.39, 0.29) is 0 Å². The smallest absolute Gasteiger partial charge is 0.0300 e. The van der Waals surface area contributed by atoms with Gasteiger partial charge in [0.2, 0.25) is 0 Å². The Kier molecular flexibility index (Phi) is 6.78. The van der Waals surface area contributed by atoms with Gasteiger partial charge in [-0.05, 0) is 37.8 Å². The Labute approximate surface area is 110 Å². The van der Waals surface area contributed by atoms with Crippen LogP contribution in [-0.2, 0) is 6.54 Å². The van der Waals surface area contributed by atoms with Crippen molar-refractivity contribution < 1.29 is 0 Å². The van der Waals surface area contributed by atoms with Crippen molar-refractivity contribution in [3.63, 3.8) is 0 Å². The van der Waals surface area contributed by atoms with Gasteiger partial charge in [-0.25, -0.2) is 0 Å². The Morgan fingerprint density at radius 1 is 1.35 bits per heavy atom. The average Bonchev–Trinajstić information content (AvgIpc) is 2.75. The van der Waals surface area contributed by atoms with Crippen LogP contribution in [0.3, 0.4) is 0 Å². The minimum atomic E-state index is 0.679.